The zero-order chi connectivity index (χ0) is 11.4. The summed E-state index contributed by atoms with van der Waals surface area (Å²) in [5, 5.41) is 12.3. The Kier molecular flexibility index (Phi) is 4.30. The highest BCUT2D eigenvalue weighted by atomic mass is 79.9. The van der Waals surface area contributed by atoms with Gasteiger partial charge in [-0.25, -0.2) is 0 Å². The van der Waals surface area contributed by atoms with Crippen LogP contribution in [0.15, 0.2) is 15.9 Å². The van der Waals surface area contributed by atoms with E-state index < -0.39 is 5.92 Å². The van der Waals surface area contributed by atoms with Crippen molar-refractivity contribution in [3.8, 4) is 6.07 Å². The summed E-state index contributed by atoms with van der Waals surface area (Å²) in [5.74, 6) is -0.800. The van der Waals surface area contributed by atoms with Gasteiger partial charge in [0, 0.05) is 0 Å². The summed E-state index contributed by atoms with van der Waals surface area (Å²) in [4.78, 5) is 11.7. The number of halogens is 1. The van der Waals surface area contributed by atoms with E-state index in [-0.39, 0.29) is 11.8 Å². The molecule has 0 aromatic carbocycles. The van der Waals surface area contributed by atoms with Crippen molar-refractivity contribution in [1.82, 2.24) is 0 Å². The summed E-state index contributed by atoms with van der Waals surface area (Å²) in [6.45, 7) is 3.72. The van der Waals surface area contributed by atoms with Gasteiger partial charge in [-0.15, -0.1) is 11.3 Å². The number of nitriles is 1. The smallest absolute Gasteiger partial charge is 0.242 e. The Balaban J connectivity index is 2.67. The molecule has 1 unspecified atom stereocenters. The molecule has 1 atom stereocenters. The molecular formula is C10H11BrN2OS. The normalized spacial score (nSPS) is 12.2. The van der Waals surface area contributed by atoms with Crippen LogP contribution in [-0.4, -0.2) is 5.91 Å². The van der Waals surface area contributed by atoms with Crippen LogP contribution in [0.4, 0.5) is 5.00 Å². The van der Waals surface area contributed by atoms with Crippen LogP contribution in [0.25, 0.3) is 0 Å². The second-order valence-corrected chi connectivity index (χ2v) is 5.91. The molecule has 0 saturated carbocycles. The molecule has 1 amide bonds. The summed E-state index contributed by atoms with van der Waals surface area (Å²) in [6, 6.07) is 5.67. The minimum atomic E-state index is -0.592. The first-order valence-corrected chi connectivity index (χ1v) is 6.11. The van der Waals surface area contributed by atoms with Crippen molar-refractivity contribution in [2.45, 2.75) is 13.8 Å². The number of anilines is 1. The van der Waals surface area contributed by atoms with Gasteiger partial charge in [0.2, 0.25) is 5.91 Å². The number of nitrogens with zero attached hydrogens (tertiary/aromatic N) is 1. The van der Waals surface area contributed by atoms with E-state index in [0.717, 1.165) is 8.79 Å². The Morgan fingerprint density at radius 3 is 2.67 bits per heavy atom. The van der Waals surface area contributed by atoms with Crippen LogP contribution in [0.3, 0.4) is 0 Å². The van der Waals surface area contributed by atoms with Gasteiger partial charge in [0.1, 0.15) is 5.92 Å². The number of rotatable bonds is 3. The molecule has 5 heteroatoms. The van der Waals surface area contributed by atoms with Crippen molar-refractivity contribution in [2.24, 2.45) is 11.8 Å². The monoisotopic (exact) mass is 286 g/mol. The molecule has 1 aromatic rings. The molecule has 1 heterocycles. The highest BCUT2D eigenvalue weighted by molar-refractivity contribution is 9.11. The second-order valence-electron chi connectivity index (χ2n) is 3.44. The lowest BCUT2D eigenvalue weighted by molar-refractivity contribution is -0.119. The van der Waals surface area contributed by atoms with Gasteiger partial charge < -0.3 is 5.32 Å². The third-order valence-electron chi connectivity index (χ3n) is 1.91. The van der Waals surface area contributed by atoms with Crippen LogP contribution >= 0.6 is 27.3 Å². The van der Waals surface area contributed by atoms with E-state index in [9.17, 15) is 4.79 Å². The van der Waals surface area contributed by atoms with Crippen LogP contribution in [0.1, 0.15) is 13.8 Å². The SMILES string of the molecule is CC(C)C(C#N)C(=O)Nc1ccc(Br)s1. The predicted molar refractivity (Wildman–Crippen MR) is 64.6 cm³/mol. The Bertz CT molecular complexity index is 394. The number of carbonyl (C=O) groups excluding carboxylic acids is 1. The minimum Gasteiger partial charge on any atom is -0.317 e. The Labute approximate surface area is 101 Å². The first kappa shape index (κ1) is 12.2. The van der Waals surface area contributed by atoms with E-state index in [2.05, 4.69) is 21.2 Å². The van der Waals surface area contributed by atoms with E-state index in [0.29, 0.717) is 0 Å². The molecule has 0 aliphatic carbocycles. The van der Waals surface area contributed by atoms with Crippen molar-refractivity contribution in [3.63, 3.8) is 0 Å². The molecule has 0 fully saturated rings. The molecule has 1 rings (SSSR count). The van der Waals surface area contributed by atoms with E-state index in [1.807, 2.05) is 26.0 Å². The lowest BCUT2D eigenvalue weighted by Gasteiger charge is -2.11. The van der Waals surface area contributed by atoms with Crippen molar-refractivity contribution >= 4 is 38.2 Å². The van der Waals surface area contributed by atoms with Crippen LogP contribution in [0, 0.1) is 23.2 Å². The van der Waals surface area contributed by atoms with Gasteiger partial charge in [-0.1, -0.05) is 13.8 Å². The van der Waals surface area contributed by atoms with Crippen LogP contribution in [0.2, 0.25) is 0 Å². The van der Waals surface area contributed by atoms with E-state index in [4.69, 9.17) is 5.26 Å². The second kappa shape index (κ2) is 5.29. The van der Waals surface area contributed by atoms with Crippen LogP contribution in [-0.2, 0) is 4.79 Å². The van der Waals surface area contributed by atoms with Gasteiger partial charge in [0.15, 0.2) is 0 Å². The standard InChI is InChI=1S/C10H11BrN2OS/c1-6(2)7(5-12)10(14)13-9-4-3-8(11)15-9/h3-4,6-7H,1-2H3,(H,13,14). The summed E-state index contributed by atoms with van der Waals surface area (Å²) in [7, 11) is 0. The van der Waals surface area contributed by atoms with Gasteiger partial charge in [0.25, 0.3) is 0 Å². The third kappa shape index (κ3) is 3.33. The molecular weight excluding hydrogens is 276 g/mol. The minimum absolute atomic E-state index is 0.0263. The first-order chi connectivity index (χ1) is 7.04. The van der Waals surface area contributed by atoms with Gasteiger partial charge in [-0.3, -0.25) is 4.79 Å². The average Bonchev–Trinajstić information content (AvgIpc) is 2.51. The summed E-state index contributed by atoms with van der Waals surface area (Å²) in [5.41, 5.74) is 0. The van der Waals surface area contributed by atoms with E-state index >= 15 is 0 Å². The maximum Gasteiger partial charge on any atom is 0.242 e. The Morgan fingerprint density at radius 2 is 2.27 bits per heavy atom. The highest BCUT2D eigenvalue weighted by Crippen LogP contribution is 2.27. The fourth-order valence-corrected chi connectivity index (χ4v) is 2.38. The summed E-state index contributed by atoms with van der Waals surface area (Å²) >= 11 is 4.74. The number of thiophene rings is 1. The Morgan fingerprint density at radius 1 is 1.60 bits per heavy atom. The van der Waals surface area contributed by atoms with Gasteiger partial charge in [-0.2, -0.15) is 5.26 Å². The van der Waals surface area contributed by atoms with Crippen molar-refractivity contribution in [1.29, 1.82) is 5.26 Å². The zero-order valence-corrected chi connectivity index (χ0v) is 10.9. The molecule has 0 bridgehead atoms. The topological polar surface area (TPSA) is 52.9 Å². The van der Waals surface area contributed by atoms with Crippen LogP contribution < -0.4 is 5.32 Å². The fourth-order valence-electron chi connectivity index (χ4n) is 1.09. The maximum atomic E-state index is 11.7. The number of hydrogen-bond donors (Lipinski definition) is 1. The molecule has 3 nitrogen and oxygen atoms in total. The first-order valence-electron chi connectivity index (χ1n) is 4.50. The Hall–Kier alpha value is -0.860. The fraction of sp³-hybridized carbons (Fsp3) is 0.400. The predicted octanol–water partition coefficient (Wildman–Crippen LogP) is 3.24. The van der Waals surface area contributed by atoms with Crippen LogP contribution in [0.5, 0.6) is 0 Å². The number of hydrogen-bond acceptors (Lipinski definition) is 3. The van der Waals surface area contributed by atoms with Crippen molar-refractivity contribution in [3.05, 3.63) is 15.9 Å². The molecule has 15 heavy (non-hydrogen) atoms. The molecule has 80 valence electrons. The number of nitrogens with one attached hydrogen (secondary N) is 1. The maximum absolute atomic E-state index is 11.7. The summed E-state index contributed by atoms with van der Waals surface area (Å²) in [6.07, 6.45) is 0. The van der Waals surface area contributed by atoms with Gasteiger partial charge in [0.05, 0.1) is 14.9 Å². The molecule has 1 N–H and O–H groups in total. The average molecular weight is 287 g/mol. The highest BCUT2D eigenvalue weighted by Gasteiger charge is 2.21. The lowest BCUT2D eigenvalue weighted by Crippen LogP contribution is -2.25. The number of amides is 1. The molecule has 0 aliphatic rings. The molecule has 1 aromatic heterocycles. The molecule has 0 saturated heterocycles. The van der Waals surface area contributed by atoms with E-state index in [1.165, 1.54) is 11.3 Å². The van der Waals surface area contributed by atoms with Gasteiger partial charge in [-0.05, 0) is 34.0 Å². The van der Waals surface area contributed by atoms with Crippen molar-refractivity contribution < 1.29 is 4.79 Å². The van der Waals surface area contributed by atoms with Gasteiger partial charge >= 0.3 is 0 Å². The molecule has 0 spiro atoms. The molecule has 0 radical (unpaired) electrons. The number of carbonyl (C=O) groups is 1. The lowest BCUT2D eigenvalue weighted by atomic mass is 9.97. The third-order valence-corrected chi connectivity index (χ3v) is 3.45. The van der Waals surface area contributed by atoms with E-state index in [1.54, 1.807) is 6.07 Å². The largest absolute Gasteiger partial charge is 0.317 e. The van der Waals surface area contributed by atoms with Crippen molar-refractivity contribution in [2.75, 3.05) is 5.32 Å². The zero-order valence-electron chi connectivity index (χ0n) is 8.45. The quantitative estimate of drug-likeness (QED) is 0.927. The molecule has 0 aliphatic heterocycles. The summed E-state index contributed by atoms with van der Waals surface area (Å²) < 4.78 is 0.954.